The molecule has 0 saturated carbocycles. The zero-order chi connectivity index (χ0) is 14.3. The van der Waals surface area contributed by atoms with Gasteiger partial charge in [0.2, 0.25) is 5.69 Å². The molecule has 1 heterocycles. The fraction of sp³-hybridized carbons (Fsp3) is 0.211. The van der Waals surface area contributed by atoms with Crippen molar-refractivity contribution in [1.82, 2.24) is 0 Å². The minimum Gasteiger partial charge on any atom is -0.200 e. The van der Waals surface area contributed by atoms with E-state index in [2.05, 4.69) is 81.0 Å². The highest BCUT2D eigenvalue weighted by Crippen LogP contribution is 2.29. The number of rotatable bonds is 1. The lowest BCUT2D eigenvalue weighted by molar-refractivity contribution is -0.659. The average molecular weight is 262 g/mol. The summed E-state index contributed by atoms with van der Waals surface area (Å²) in [5.74, 6) is 0. The molecule has 0 bridgehead atoms. The van der Waals surface area contributed by atoms with E-state index in [9.17, 15) is 0 Å². The van der Waals surface area contributed by atoms with Crippen LogP contribution in [0.4, 0.5) is 0 Å². The monoisotopic (exact) mass is 262 g/mol. The van der Waals surface area contributed by atoms with Crippen LogP contribution < -0.4 is 4.57 Å². The number of pyridine rings is 1. The Morgan fingerprint density at radius 2 is 1.70 bits per heavy atom. The van der Waals surface area contributed by atoms with Crippen LogP contribution >= 0.6 is 0 Å². The zero-order valence-corrected chi connectivity index (χ0v) is 12.6. The van der Waals surface area contributed by atoms with Gasteiger partial charge in [-0.1, -0.05) is 29.8 Å². The molecule has 0 unspecified atom stereocenters. The highest BCUT2D eigenvalue weighted by atomic mass is 14.9. The summed E-state index contributed by atoms with van der Waals surface area (Å²) in [5.41, 5.74) is 6.62. The molecule has 0 saturated heterocycles. The first-order chi connectivity index (χ1) is 9.58. The number of hydrogen-bond donors (Lipinski definition) is 0. The molecule has 20 heavy (non-hydrogen) atoms. The second-order valence-corrected chi connectivity index (χ2v) is 5.61. The molecule has 0 aliphatic heterocycles. The molecule has 0 spiro atoms. The summed E-state index contributed by atoms with van der Waals surface area (Å²) in [7, 11) is 2.12. The van der Waals surface area contributed by atoms with E-state index in [1.165, 1.54) is 38.7 Å². The van der Waals surface area contributed by atoms with Gasteiger partial charge in [-0.2, -0.15) is 0 Å². The van der Waals surface area contributed by atoms with Crippen molar-refractivity contribution in [2.24, 2.45) is 7.05 Å². The molecule has 0 N–H and O–H groups in total. The summed E-state index contributed by atoms with van der Waals surface area (Å²) < 4.78 is 2.22. The topological polar surface area (TPSA) is 3.88 Å². The standard InChI is InChI=1S/C19H20N/c1-13-8-9-18-16(12-13)10-11-20(4)19(18)17-7-5-6-14(2)15(17)3/h5-12H,1-4H3/q+1. The largest absolute Gasteiger partial charge is 0.220 e. The molecule has 0 atom stereocenters. The molecular formula is C19H20N+. The van der Waals surface area contributed by atoms with Crippen molar-refractivity contribution in [3.63, 3.8) is 0 Å². The highest BCUT2D eigenvalue weighted by Gasteiger charge is 2.17. The van der Waals surface area contributed by atoms with Gasteiger partial charge in [0.05, 0.1) is 5.39 Å². The summed E-state index contributed by atoms with van der Waals surface area (Å²) in [4.78, 5) is 0. The van der Waals surface area contributed by atoms with Gasteiger partial charge in [-0.15, -0.1) is 0 Å². The van der Waals surface area contributed by atoms with Gasteiger partial charge in [0, 0.05) is 11.6 Å². The zero-order valence-electron chi connectivity index (χ0n) is 12.6. The Labute approximate surface area is 120 Å². The van der Waals surface area contributed by atoms with Gasteiger partial charge in [0.25, 0.3) is 0 Å². The fourth-order valence-corrected chi connectivity index (χ4v) is 2.84. The van der Waals surface area contributed by atoms with E-state index < -0.39 is 0 Å². The predicted molar refractivity (Wildman–Crippen MR) is 84.8 cm³/mol. The second-order valence-electron chi connectivity index (χ2n) is 5.61. The predicted octanol–water partition coefficient (Wildman–Crippen LogP) is 4.26. The lowest BCUT2D eigenvalue weighted by atomic mass is 9.96. The van der Waals surface area contributed by atoms with Crippen LogP contribution in [-0.2, 0) is 7.05 Å². The van der Waals surface area contributed by atoms with Crippen LogP contribution in [0.15, 0.2) is 48.7 Å². The number of fused-ring (bicyclic) bond motifs is 1. The van der Waals surface area contributed by atoms with Crippen LogP contribution in [0.3, 0.4) is 0 Å². The van der Waals surface area contributed by atoms with Gasteiger partial charge in [-0.25, -0.2) is 4.57 Å². The van der Waals surface area contributed by atoms with Gasteiger partial charge in [0.15, 0.2) is 6.20 Å². The fourth-order valence-electron chi connectivity index (χ4n) is 2.84. The Morgan fingerprint density at radius 3 is 2.50 bits per heavy atom. The number of hydrogen-bond acceptors (Lipinski definition) is 0. The molecule has 100 valence electrons. The summed E-state index contributed by atoms with van der Waals surface area (Å²) in [6.07, 6.45) is 2.15. The summed E-state index contributed by atoms with van der Waals surface area (Å²) in [6, 6.07) is 15.4. The molecule has 1 heteroatoms. The Kier molecular flexibility index (Phi) is 3.06. The van der Waals surface area contributed by atoms with Crippen molar-refractivity contribution < 1.29 is 4.57 Å². The van der Waals surface area contributed by atoms with Crippen LogP contribution in [0.1, 0.15) is 16.7 Å². The van der Waals surface area contributed by atoms with Crippen molar-refractivity contribution in [1.29, 1.82) is 0 Å². The number of aromatic nitrogens is 1. The first-order valence-corrected chi connectivity index (χ1v) is 7.03. The number of aryl methyl sites for hydroxylation is 3. The van der Waals surface area contributed by atoms with Gasteiger partial charge in [-0.3, -0.25) is 0 Å². The third-order valence-corrected chi connectivity index (χ3v) is 4.15. The Balaban J connectivity index is 2.41. The van der Waals surface area contributed by atoms with Crippen LogP contribution in [0.5, 0.6) is 0 Å². The van der Waals surface area contributed by atoms with Crippen molar-refractivity contribution in [3.8, 4) is 11.3 Å². The normalized spacial score (nSPS) is 11.0. The minimum atomic E-state index is 1.30. The van der Waals surface area contributed by atoms with E-state index in [0.717, 1.165) is 0 Å². The Hall–Kier alpha value is -2.15. The smallest absolute Gasteiger partial charge is 0.200 e. The van der Waals surface area contributed by atoms with E-state index in [-0.39, 0.29) is 0 Å². The molecule has 0 fully saturated rings. The van der Waals surface area contributed by atoms with Crippen molar-refractivity contribution in [2.75, 3.05) is 0 Å². The van der Waals surface area contributed by atoms with Gasteiger partial charge < -0.3 is 0 Å². The van der Waals surface area contributed by atoms with E-state index >= 15 is 0 Å². The van der Waals surface area contributed by atoms with Gasteiger partial charge in [-0.05, 0) is 49.4 Å². The van der Waals surface area contributed by atoms with E-state index in [0.29, 0.717) is 0 Å². The Bertz CT molecular complexity index is 800. The summed E-state index contributed by atoms with van der Waals surface area (Å²) in [6.45, 7) is 6.52. The maximum absolute atomic E-state index is 2.25. The molecule has 0 aliphatic rings. The van der Waals surface area contributed by atoms with Gasteiger partial charge in [0.1, 0.15) is 7.05 Å². The van der Waals surface area contributed by atoms with Crippen molar-refractivity contribution in [3.05, 3.63) is 65.4 Å². The van der Waals surface area contributed by atoms with Gasteiger partial charge >= 0.3 is 0 Å². The number of benzene rings is 2. The molecule has 3 rings (SSSR count). The molecule has 2 aromatic carbocycles. The Morgan fingerprint density at radius 1 is 0.900 bits per heavy atom. The van der Waals surface area contributed by atoms with Crippen molar-refractivity contribution in [2.45, 2.75) is 20.8 Å². The summed E-state index contributed by atoms with van der Waals surface area (Å²) >= 11 is 0. The quantitative estimate of drug-likeness (QED) is 0.577. The van der Waals surface area contributed by atoms with Crippen LogP contribution in [0.25, 0.3) is 22.0 Å². The maximum atomic E-state index is 2.25. The first-order valence-electron chi connectivity index (χ1n) is 7.03. The summed E-state index contributed by atoms with van der Waals surface area (Å²) in [5, 5.41) is 2.62. The second kappa shape index (κ2) is 4.75. The maximum Gasteiger partial charge on any atom is 0.220 e. The van der Waals surface area contributed by atoms with Crippen LogP contribution in [0.2, 0.25) is 0 Å². The van der Waals surface area contributed by atoms with Crippen LogP contribution in [-0.4, -0.2) is 0 Å². The van der Waals surface area contributed by atoms with Crippen LogP contribution in [0, 0.1) is 20.8 Å². The SMILES string of the molecule is Cc1ccc2c(-c3cccc(C)c3C)[n+](C)ccc2c1. The molecule has 0 radical (unpaired) electrons. The molecule has 1 aromatic heterocycles. The molecule has 3 aromatic rings. The molecule has 0 aliphatic carbocycles. The highest BCUT2D eigenvalue weighted by molar-refractivity contribution is 5.94. The third kappa shape index (κ3) is 2.00. The molecule has 1 nitrogen and oxygen atoms in total. The first kappa shape index (κ1) is 12.9. The number of nitrogens with zero attached hydrogens (tertiary/aromatic N) is 1. The lowest BCUT2D eigenvalue weighted by Gasteiger charge is -2.10. The van der Waals surface area contributed by atoms with E-state index in [4.69, 9.17) is 0 Å². The third-order valence-electron chi connectivity index (χ3n) is 4.15. The average Bonchev–Trinajstić information content (AvgIpc) is 2.43. The molecule has 0 amide bonds. The lowest BCUT2D eigenvalue weighted by Crippen LogP contribution is -2.30. The van der Waals surface area contributed by atoms with E-state index in [1.54, 1.807) is 0 Å². The minimum absolute atomic E-state index is 1.30. The van der Waals surface area contributed by atoms with Crippen molar-refractivity contribution >= 4 is 10.8 Å². The molecular weight excluding hydrogens is 242 g/mol. The van der Waals surface area contributed by atoms with E-state index in [1.807, 2.05) is 0 Å².